The Kier molecular flexibility index (Phi) is 3.22. The van der Waals surface area contributed by atoms with Crippen LogP contribution >= 0.6 is 0 Å². The average Bonchev–Trinajstić information content (AvgIpc) is 3.08. The first-order valence-corrected chi connectivity index (χ1v) is 6.65. The Morgan fingerprint density at radius 2 is 1.90 bits per heavy atom. The van der Waals surface area contributed by atoms with Gasteiger partial charge in [-0.1, -0.05) is 0 Å². The number of carbonyl (C=O) groups is 1. The second kappa shape index (κ2) is 4.79. The maximum Gasteiger partial charge on any atom is 0.238 e. The molecule has 1 aliphatic heterocycles. The topological polar surface area (TPSA) is 52.6 Å². The minimum absolute atomic E-state index is 0.102. The first kappa shape index (κ1) is 13.5. The van der Waals surface area contributed by atoms with Gasteiger partial charge >= 0.3 is 0 Å². The van der Waals surface area contributed by atoms with Crippen LogP contribution in [0.3, 0.4) is 0 Å². The van der Waals surface area contributed by atoms with Crippen LogP contribution in [0.25, 0.3) is 0 Å². The highest BCUT2D eigenvalue weighted by atomic mass is 19.1. The van der Waals surface area contributed by atoms with Crippen molar-refractivity contribution < 1.29 is 18.7 Å². The lowest BCUT2D eigenvalue weighted by Gasteiger charge is -2.46. The number of hydrogen-bond acceptors (Lipinski definition) is 3. The quantitative estimate of drug-likeness (QED) is 0.876. The van der Waals surface area contributed by atoms with E-state index in [1.165, 1.54) is 0 Å². The van der Waals surface area contributed by atoms with Crippen LogP contribution in [-0.2, 0) is 4.79 Å². The molecule has 20 heavy (non-hydrogen) atoms. The molecule has 1 heterocycles. The fraction of sp³-hybridized carbons (Fsp3) is 0.500. The van der Waals surface area contributed by atoms with E-state index in [0.29, 0.717) is 19.0 Å². The number of nitrogens with zero attached hydrogens (tertiary/aromatic N) is 1. The van der Waals surface area contributed by atoms with Gasteiger partial charge in [0.25, 0.3) is 0 Å². The highest BCUT2D eigenvalue weighted by Crippen LogP contribution is 2.44. The van der Waals surface area contributed by atoms with Crippen molar-refractivity contribution in [3.8, 4) is 0 Å². The molecule has 3 rings (SSSR count). The zero-order valence-electron chi connectivity index (χ0n) is 10.9. The van der Waals surface area contributed by atoms with E-state index >= 15 is 0 Å². The zero-order chi connectivity index (χ0) is 14.3. The van der Waals surface area contributed by atoms with Crippen LogP contribution in [0, 0.1) is 17.6 Å². The number of amides is 1. The molecule has 1 saturated carbocycles. The van der Waals surface area contributed by atoms with Gasteiger partial charge in [-0.25, -0.2) is 8.78 Å². The summed E-state index contributed by atoms with van der Waals surface area (Å²) in [4.78, 5) is 13.6. The highest BCUT2D eigenvalue weighted by molar-refractivity contribution is 5.92. The fourth-order valence-electron chi connectivity index (χ4n) is 2.75. The monoisotopic (exact) mass is 282 g/mol. The van der Waals surface area contributed by atoms with Crippen LogP contribution in [0.4, 0.5) is 14.5 Å². The van der Waals surface area contributed by atoms with Gasteiger partial charge < -0.3 is 10.4 Å². The van der Waals surface area contributed by atoms with E-state index in [2.05, 4.69) is 5.32 Å². The van der Waals surface area contributed by atoms with Crippen molar-refractivity contribution in [3.63, 3.8) is 0 Å². The molecule has 0 bridgehead atoms. The maximum atomic E-state index is 13.0. The molecule has 0 spiro atoms. The molecule has 0 radical (unpaired) electrons. The highest BCUT2D eigenvalue weighted by Gasteiger charge is 2.51. The molecule has 2 fully saturated rings. The molecule has 0 aromatic heterocycles. The predicted molar refractivity (Wildman–Crippen MR) is 69.1 cm³/mol. The smallest absolute Gasteiger partial charge is 0.238 e. The van der Waals surface area contributed by atoms with Gasteiger partial charge in [0.05, 0.1) is 12.1 Å². The Balaban J connectivity index is 1.50. The van der Waals surface area contributed by atoms with Crippen LogP contribution in [0.1, 0.15) is 12.8 Å². The normalized spacial score (nSPS) is 21.4. The van der Waals surface area contributed by atoms with E-state index in [1.54, 1.807) is 0 Å². The van der Waals surface area contributed by atoms with Crippen LogP contribution < -0.4 is 5.32 Å². The maximum absolute atomic E-state index is 13.0. The van der Waals surface area contributed by atoms with Crippen LogP contribution in [0.2, 0.25) is 0 Å². The van der Waals surface area contributed by atoms with Crippen molar-refractivity contribution in [2.45, 2.75) is 18.4 Å². The molecule has 1 aliphatic carbocycles. The minimum Gasteiger partial charge on any atom is -0.387 e. The van der Waals surface area contributed by atoms with Crippen LogP contribution in [0.15, 0.2) is 18.2 Å². The Hall–Kier alpha value is -1.53. The van der Waals surface area contributed by atoms with E-state index in [0.717, 1.165) is 31.0 Å². The van der Waals surface area contributed by atoms with Gasteiger partial charge in [-0.3, -0.25) is 9.69 Å². The number of β-amino-alcohol motifs (C(OH)–C–C–N with tert-alkyl or cyclic N) is 1. The molecule has 1 saturated heterocycles. The van der Waals surface area contributed by atoms with Gasteiger partial charge in [0, 0.05) is 24.8 Å². The third kappa shape index (κ3) is 2.81. The molecule has 2 N–H and O–H groups in total. The Labute approximate surface area is 115 Å². The molecule has 4 nitrogen and oxygen atoms in total. The number of halogens is 2. The molecule has 0 unspecified atom stereocenters. The number of carbonyl (C=O) groups excluding carboxylic acids is 1. The van der Waals surface area contributed by atoms with Crippen molar-refractivity contribution in [2.24, 2.45) is 5.92 Å². The minimum atomic E-state index is -0.729. The van der Waals surface area contributed by atoms with Crippen molar-refractivity contribution in [3.05, 3.63) is 29.8 Å². The summed E-state index contributed by atoms with van der Waals surface area (Å²) < 4.78 is 26.0. The number of aliphatic hydroxyl groups is 1. The molecule has 1 aromatic rings. The van der Waals surface area contributed by atoms with Gasteiger partial charge in [0.1, 0.15) is 11.6 Å². The first-order valence-electron chi connectivity index (χ1n) is 6.65. The summed E-state index contributed by atoms with van der Waals surface area (Å²) >= 11 is 0. The SMILES string of the molecule is O=C(CN1CC(O)(C2CC2)C1)Nc1cc(F)cc(F)c1. The van der Waals surface area contributed by atoms with Gasteiger partial charge in [-0.2, -0.15) is 0 Å². The number of hydrogen-bond donors (Lipinski definition) is 2. The average molecular weight is 282 g/mol. The summed E-state index contributed by atoms with van der Waals surface area (Å²) in [6.45, 7) is 1.10. The number of nitrogens with one attached hydrogen (secondary N) is 1. The van der Waals surface area contributed by atoms with Crippen molar-refractivity contribution in [2.75, 3.05) is 25.0 Å². The molecule has 2 aliphatic rings. The molecule has 1 aromatic carbocycles. The summed E-state index contributed by atoms with van der Waals surface area (Å²) in [6, 6.07) is 2.89. The Morgan fingerprint density at radius 3 is 2.45 bits per heavy atom. The molecular weight excluding hydrogens is 266 g/mol. The largest absolute Gasteiger partial charge is 0.387 e. The molecule has 108 valence electrons. The van der Waals surface area contributed by atoms with E-state index in [9.17, 15) is 18.7 Å². The molecule has 0 atom stereocenters. The zero-order valence-corrected chi connectivity index (χ0v) is 10.9. The third-order valence-corrected chi connectivity index (χ3v) is 3.85. The second-order valence-corrected chi connectivity index (χ2v) is 5.73. The van der Waals surface area contributed by atoms with E-state index in [4.69, 9.17) is 0 Å². The Morgan fingerprint density at radius 1 is 1.30 bits per heavy atom. The van der Waals surface area contributed by atoms with Crippen molar-refractivity contribution in [1.29, 1.82) is 0 Å². The fourth-order valence-corrected chi connectivity index (χ4v) is 2.75. The lowest BCUT2D eigenvalue weighted by atomic mass is 9.89. The van der Waals surface area contributed by atoms with Crippen LogP contribution in [0.5, 0.6) is 0 Å². The van der Waals surface area contributed by atoms with Gasteiger partial charge in [-0.05, 0) is 30.9 Å². The van der Waals surface area contributed by atoms with Crippen molar-refractivity contribution in [1.82, 2.24) is 4.90 Å². The molecule has 1 amide bonds. The lowest BCUT2D eigenvalue weighted by molar-refractivity contribution is -0.132. The second-order valence-electron chi connectivity index (χ2n) is 5.73. The molecule has 6 heteroatoms. The predicted octanol–water partition coefficient (Wildman–Crippen LogP) is 1.36. The van der Waals surface area contributed by atoms with Gasteiger partial charge in [-0.15, -0.1) is 0 Å². The number of anilines is 1. The first-order chi connectivity index (χ1) is 9.44. The number of rotatable bonds is 4. The number of benzene rings is 1. The van der Waals surface area contributed by atoms with Crippen molar-refractivity contribution >= 4 is 11.6 Å². The lowest BCUT2D eigenvalue weighted by Crippen LogP contribution is -2.64. The van der Waals surface area contributed by atoms with E-state index in [-0.39, 0.29) is 18.1 Å². The molecular formula is C14H16F2N2O2. The standard InChI is InChI=1S/C14H16F2N2O2/c15-10-3-11(16)5-12(4-10)17-13(19)6-18-7-14(20,8-18)9-1-2-9/h3-5,9,20H,1-2,6-8H2,(H,17,19). The van der Waals surface area contributed by atoms with Gasteiger partial charge in [0.2, 0.25) is 5.91 Å². The Bertz CT molecular complexity index is 520. The van der Waals surface area contributed by atoms with Crippen LogP contribution in [-0.4, -0.2) is 41.1 Å². The van der Waals surface area contributed by atoms with Gasteiger partial charge in [0.15, 0.2) is 0 Å². The van der Waals surface area contributed by atoms with E-state index in [1.807, 2.05) is 4.90 Å². The summed E-state index contributed by atoms with van der Waals surface area (Å²) in [5.41, 5.74) is -0.531. The number of likely N-dealkylation sites (tertiary alicyclic amines) is 1. The summed E-state index contributed by atoms with van der Waals surface area (Å²) in [5, 5.41) is 12.6. The third-order valence-electron chi connectivity index (χ3n) is 3.85. The summed E-state index contributed by atoms with van der Waals surface area (Å²) in [5.74, 6) is -1.42. The summed E-state index contributed by atoms with van der Waals surface area (Å²) in [6.07, 6.45) is 2.11. The van der Waals surface area contributed by atoms with E-state index < -0.39 is 17.2 Å². The summed E-state index contributed by atoms with van der Waals surface area (Å²) in [7, 11) is 0.